The summed E-state index contributed by atoms with van der Waals surface area (Å²) >= 11 is 0. The molecule has 3 aliphatic rings. The predicted octanol–water partition coefficient (Wildman–Crippen LogP) is 1.80. The fraction of sp³-hybridized carbons (Fsp3) is 0.286. The largest absolute Gasteiger partial charge is 0.467 e. The van der Waals surface area contributed by atoms with Crippen LogP contribution in [0.1, 0.15) is 19.6 Å². The minimum absolute atomic E-state index is 0.144. The van der Waals surface area contributed by atoms with Gasteiger partial charge in [0.15, 0.2) is 0 Å². The fourth-order valence-corrected chi connectivity index (χ4v) is 3.50. The van der Waals surface area contributed by atoms with Crippen molar-refractivity contribution in [2.24, 2.45) is 15.9 Å². The molecule has 9 heteroatoms. The molecule has 3 aliphatic heterocycles. The van der Waals surface area contributed by atoms with Gasteiger partial charge in [0.1, 0.15) is 29.5 Å². The van der Waals surface area contributed by atoms with Crippen LogP contribution in [-0.4, -0.2) is 52.0 Å². The normalized spacial score (nSPS) is 23.7. The van der Waals surface area contributed by atoms with E-state index in [4.69, 9.17) is 14.1 Å². The van der Waals surface area contributed by atoms with E-state index in [2.05, 4.69) is 4.99 Å². The maximum absolute atomic E-state index is 13.2. The Bertz CT molecular complexity index is 1030. The Kier molecular flexibility index (Phi) is 5.18. The number of aliphatic imine (C=N–C) groups is 2. The van der Waals surface area contributed by atoms with Crippen molar-refractivity contribution in [3.8, 4) is 0 Å². The molecule has 4 rings (SSSR count). The fourth-order valence-electron chi connectivity index (χ4n) is 3.50. The lowest BCUT2D eigenvalue weighted by Gasteiger charge is -2.40. The van der Waals surface area contributed by atoms with E-state index in [1.165, 1.54) is 24.2 Å². The standard InChI is InChI=1S/C21H20N4O5/c1-3-29-21(28)16-11-15-18(23-17-8-4-5-9-24(17)20(15)27)25(19(16)22-13(2)26)12-14-7-6-10-30-14/h4-11,16-17H,3,12H2,1-2H3. The van der Waals surface area contributed by atoms with Crippen LogP contribution in [0.4, 0.5) is 0 Å². The molecular weight excluding hydrogens is 388 g/mol. The van der Waals surface area contributed by atoms with Crippen LogP contribution < -0.4 is 0 Å². The lowest BCUT2D eigenvalue weighted by atomic mass is 9.94. The van der Waals surface area contributed by atoms with Gasteiger partial charge in [-0.15, -0.1) is 0 Å². The molecule has 30 heavy (non-hydrogen) atoms. The van der Waals surface area contributed by atoms with Crippen LogP contribution in [0.3, 0.4) is 0 Å². The van der Waals surface area contributed by atoms with Gasteiger partial charge in [-0.2, -0.15) is 4.99 Å². The van der Waals surface area contributed by atoms with Crippen molar-refractivity contribution < 1.29 is 23.5 Å². The molecule has 0 fully saturated rings. The van der Waals surface area contributed by atoms with Crippen molar-refractivity contribution >= 4 is 29.5 Å². The second kappa shape index (κ2) is 7.94. The van der Waals surface area contributed by atoms with Crippen molar-refractivity contribution in [2.75, 3.05) is 6.61 Å². The van der Waals surface area contributed by atoms with E-state index in [1.807, 2.05) is 0 Å². The number of amides is 2. The molecule has 0 aromatic carbocycles. The summed E-state index contributed by atoms with van der Waals surface area (Å²) in [5, 5.41) is 0. The minimum atomic E-state index is -1.03. The van der Waals surface area contributed by atoms with E-state index in [0.29, 0.717) is 11.6 Å². The van der Waals surface area contributed by atoms with Crippen LogP contribution in [-0.2, 0) is 25.7 Å². The monoisotopic (exact) mass is 408 g/mol. The van der Waals surface area contributed by atoms with Gasteiger partial charge in [-0.05, 0) is 37.3 Å². The highest BCUT2D eigenvalue weighted by molar-refractivity contribution is 6.30. The molecular formula is C21H20N4O5. The molecule has 2 atom stereocenters. The van der Waals surface area contributed by atoms with E-state index >= 15 is 0 Å². The third kappa shape index (κ3) is 3.49. The number of amidine groups is 2. The smallest absolute Gasteiger partial charge is 0.320 e. The Hall–Kier alpha value is -3.75. The highest BCUT2D eigenvalue weighted by Gasteiger charge is 2.44. The zero-order valence-corrected chi connectivity index (χ0v) is 16.5. The predicted molar refractivity (Wildman–Crippen MR) is 107 cm³/mol. The van der Waals surface area contributed by atoms with Gasteiger partial charge in [-0.1, -0.05) is 6.08 Å². The average molecular weight is 408 g/mol. The van der Waals surface area contributed by atoms with Gasteiger partial charge in [0.05, 0.1) is 25.0 Å². The lowest BCUT2D eigenvalue weighted by Crippen LogP contribution is -2.54. The maximum atomic E-state index is 13.2. The Morgan fingerprint density at radius 2 is 2.17 bits per heavy atom. The molecule has 4 heterocycles. The summed E-state index contributed by atoms with van der Waals surface area (Å²) in [6.45, 7) is 3.28. The van der Waals surface area contributed by atoms with Gasteiger partial charge in [0.25, 0.3) is 5.91 Å². The molecule has 0 saturated heterocycles. The van der Waals surface area contributed by atoms with E-state index in [9.17, 15) is 14.4 Å². The first-order chi connectivity index (χ1) is 14.5. The van der Waals surface area contributed by atoms with Gasteiger partial charge < -0.3 is 14.1 Å². The van der Waals surface area contributed by atoms with E-state index in [1.54, 1.807) is 48.4 Å². The summed E-state index contributed by atoms with van der Waals surface area (Å²) in [5.41, 5.74) is 0.248. The number of carbonyl (C=O) groups excluding carboxylic acids is 3. The molecule has 0 spiro atoms. The second-order valence-electron chi connectivity index (χ2n) is 6.77. The molecule has 2 unspecified atom stereocenters. The number of ether oxygens (including phenoxy) is 1. The van der Waals surface area contributed by atoms with Crippen molar-refractivity contribution in [3.63, 3.8) is 0 Å². The van der Waals surface area contributed by atoms with Crippen molar-refractivity contribution in [1.29, 1.82) is 0 Å². The first-order valence-electron chi connectivity index (χ1n) is 9.53. The highest BCUT2D eigenvalue weighted by atomic mass is 16.5. The Morgan fingerprint density at radius 1 is 1.33 bits per heavy atom. The molecule has 9 nitrogen and oxygen atoms in total. The third-order valence-corrected chi connectivity index (χ3v) is 4.74. The van der Waals surface area contributed by atoms with Gasteiger partial charge >= 0.3 is 5.97 Å². The first-order valence-corrected chi connectivity index (χ1v) is 9.53. The summed E-state index contributed by atoms with van der Waals surface area (Å²) in [6, 6.07) is 3.48. The molecule has 2 amide bonds. The van der Waals surface area contributed by atoms with E-state index in [-0.39, 0.29) is 30.5 Å². The summed E-state index contributed by atoms with van der Waals surface area (Å²) in [4.78, 5) is 49.6. The molecule has 0 aliphatic carbocycles. The second-order valence-corrected chi connectivity index (χ2v) is 6.77. The van der Waals surface area contributed by atoms with Crippen LogP contribution in [0.5, 0.6) is 0 Å². The summed E-state index contributed by atoms with van der Waals surface area (Å²) in [5.74, 6) is -1.36. The number of allylic oxidation sites excluding steroid dienone is 2. The first kappa shape index (κ1) is 19.6. The number of nitrogens with zero attached hydrogens (tertiary/aromatic N) is 4. The molecule has 0 bridgehead atoms. The molecule has 1 aromatic heterocycles. The Labute approximate surface area is 172 Å². The zero-order valence-electron chi connectivity index (χ0n) is 16.5. The van der Waals surface area contributed by atoms with Gasteiger partial charge in [-0.3, -0.25) is 19.3 Å². The number of esters is 1. The minimum Gasteiger partial charge on any atom is -0.467 e. The van der Waals surface area contributed by atoms with Gasteiger partial charge in [-0.25, -0.2) is 4.99 Å². The number of carbonyl (C=O) groups is 3. The summed E-state index contributed by atoms with van der Waals surface area (Å²) in [6.07, 6.45) is 9.44. The SMILES string of the molecule is CCOC(=O)C1C=C2C(=O)N3C=CC=CC3N=C2N(Cc2ccco2)C1=NC(C)=O. The average Bonchev–Trinajstić information content (AvgIpc) is 3.23. The number of hydrogen-bond acceptors (Lipinski definition) is 6. The quantitative estimate of drug-likeness (QED) is 0.704. The van der Waals surface area contributed by atoms with Gasteiger partial charge in [0.2, 0.25) is 5.91 Å². The van der Waals surface area contributed by atoms with Crippen molar-refractivity contribution in [2.45, 2.75) is 26.6 Å². The third-order valence-electron chi connectivity index (χ3n) is 4.74. The lowest BCUT2D eigenvalue weighted by molar-refractivity contribution is -0.144. The number of fused-ring (bicyclic) bond motifs is 2. The summed E-state index contributed by atoms with van der Waals surface area (Å²) < 4.78 is 10.6. The van der Waals surface area contributed by atoms with Crippen LogP contribution in [0.25, 0.3) is 0 Å². The van der Waals surface area contributed by atoms with Crippen LogP contribution >= 0.6 is 0 Å². The van der Waals surface area contributed by atoms with Crippen LogP contribution in [0.15, 0.2) is 68.9 Å². The molecule has 1 aromatic rings. The van der Waals surface area contributed by atoms with E-state index in [0.717, 1.165) is 0 Å². The van der Waals surface area contributed by atoms with Gasteiger partial charge in [0, 0.05) is 13.1 Å². The van der Waals surface area contributed by atoms with Crippen LogP contribution in [0.2, 0.25) is 0 Å². The van der Waals surface area contributed by atoms with Crippen LogP contribution in [0, 0.1) is 5.92 Å². The Balaban J connectivity index is 1.88. The Morgan fingerprint density at radius 3 is 2.87 bits per heavy atom. The molecule has 0 radical (unpaired) electrons. The summed E-state index contributed by atoms with van der Waals surface area (Å²) in [7, 11) is 0. The molecule has 0 N–H and O–H groups in total. The van der Waals surface area contributed by atoms with E-state index < -0.39 is 24.0 Å². The van der Waals surface area contributed by atoms with Crippen molar-refractivity contribution in [1.82, 2.24) is 9.80 Å². The topological polar surface area (TPSA) is 105 Å². The maximum Gasteiger partial charge on any atom is 0.320 e. The number of hydrogen-bond donors (Lipinski definition) is 0. The zero-order chi connectivity index (χ0) is 21.3. The molecule has 154 valence electrons. The highest BCUT2D eigenvalue weighted by Crippen LogP contribution is 2.30. The number of rotatable bonds is 4. The number of furan rings is 1. The molecule has 0 saturated carbocycles. The van der Waals surface area contributed by atoms with Crippen molar-refractivity contribution in [3.05, 3.63) is 60.2 Å².